The lowest BCUT2D eigenvalue weighted by molar-refractivity contribution is -0.122. The van der Waals surface area contributed by atoms with Gasteiger partial charge in [0.15, 0.2) is 5.03 Å². The van der Waals surface area contributed by atoms with Crippen molar-refractivity contribution in [3.05, 3.63) is 42.6 Å². The number of amides is 1. The maximum atomic E-state index is 12.8. The van der Waals surface area contributed by atoms with Crippen molar-refractivity contribution in [1.29, 1.82) is 0 Å². The number of carbonyl (C=O) groups excluding carboxylic acids is 1. The summed E-state index contributed by atoms with van der Waals surface area (Å²) >= 11 is 0. The molecule has 0 saturated heterocycles. The maximum Gasteiger partial charge on any atom is 0.283 e. The Balaban J connectivity index is 1.75. The van der Waals surface area contributed by atoms with Gasteiger partial charge in [-0.15, -0.1) is 0 Å². The molecule has 1 saturated carbocycles. The minimum absolute atomic E-state index is 0.0372. The molecular formula is C15H15F2N3O3S. The highest BCUT2D eigenvalue weighted by Crippen LogP contribution is 2.56. The quantitative estimate of drug-likeness (QED) is 0.889. The molecule has 1 heterocycles. The van der Waals surface area contributed by atoms with Crippen LogP contribution >= 0.6 is 0 Å². The number of hydrogen-bond donors (Lipinski definition) is 1. The highest BCUT2D eigenvalue weighted by molar-refractivity contribution is 7.90. The summed E-state index contributed by atoms with van der Waals surface area (Å²) in [5.74, 6) is -1.93. The Labute approximate surface area is 137 Å². The molecule has 1 fully saturated rings. The van der Waals surface area contributed by atoms with Gasteiger partial charge in [-0.2, -0.15) is 13.5 Å². The summed E-state index contributed by atoms with van der Waals surface area (Å²) in [6.45, 7) is 1.26. The average Bonchev–Trinajstić information content (AvgIpc) is 3.01. The van der Waals surface area contributed by atoms with Gasteiger partial charge < -0.3 is 0 Å². The molecule has 0 radical (unpaired) electrons. The van der Waals surface area contributed by atoms with Crippen molar-refractivity contribution in [2.24, 2.45) is 11.3 Å². The molecule has 1 amide bonds. The Morgan fingerprint density at radius 1 is 1.33 bits per heavy atom. The summed E-state index contributed by atoms with van der Waals surface area (Å²) in [6.07, 6.45) is -1.27. The molecule has 3 rings (SSSR count). The van der Waals surface area contributed by atoms with E-state index in [0.29, 0.717) is 5.69 Å². The molecule has 1 aliphatic rings. The second-order valence-electron chi connectivity index (χ2n) is 5.97. The molecule has 1 N–H and O–H groups in total. The van der Waals surface area contributed by atoms with Crippen LogP contribution in [0.3, 0.4) is 0 Å². The first-order chi connectivity index (χ1) is 11.2. The Kier molecular flexibility index (Phi) is 3.90. The number of halogens is 2. The van der Waals surface area contributed by atoms with Crippen molar-refractivity contribution in [2.45, 2.75) is 24.8 Å². The van der Waals surface area contributed by atoms with Gasteiger partial charge in [-0.3, -0.25) is 4.79 Å². The van der Waals surface area contributed by atoms with Crippen molar-refractivity contribution >= 4 is 15.9 Å². The van der Waals surface area contributed by atoms with Gasteiger partial charge in [0, 0.05) is 11.6 Å². The molecular weight excluding hydrogens is 340 g/mol. The fourth-order valence-electron chi connectivity index (χ4n) is 2.45. The molecule has 2 atom stereocenters. The first-order valence-corrected chi connectivity index (χ1v) is 8.68. The summed E-state index contributed by atoms with van der Waals surface area (Å²) < 4.78 is 53.2. The van der Waals surface area contributed by atoms with Gasteiger partial charge in [0.2, 0.25) is 12.3 Å². The Morgan fingerprint density at radius 3 is 2.58 bits per heavy atom. The summed E-state index contributed by atoms with van der Waals surface area (Å²) in [7, 11) is -4.20. The zero-order valence-electron chi connectivity index (χ0n) is 12.7. The van der Waals surface area contributed by atoms with Crippen molar-refractivity contribution in [3.63, 3.8) is 0 Å². The van der Waals surface area contributed by atoms with Crippen molar-refractivity contribution < 1.29 is 22.0 Å². The molecule has 1 aliphatic carbocycles. The Morgan fingerprint density at radius 2 is 2.00 bits per heavy atom. The molecule has 0 unspecified atom stereocenters. The third-order valence-corrected chi connectivity index (χ3v) is 5.43. The van der Waals surface area contributed by atoms with Crippen molar-refractivity contribution in [2.75, 3.05) is 0 Å². The number of aromatic nitrogens is 2. The first kappa shape index (κ1) is 16.6. The molecule has 0 bridgehead atoms. The average molecular weight is 355 g/mol. The molecule has 2 aromatic rings. The fourth-order valence-corrected chi connectivity index (χ4v) is 3.39. The first-order valence-electron chi connectivity index (χ1n) is 7.20. The smallest absolute Gasteiger partial charge is 0.274 e. The van der Waals surface area contributed by atoms with E-state index in [9.17, 15) is 22.0 Å². The third kappa shape index (κ3) is 2.91. The number of nitrogens with one attached hydrogen (secondary N) is 1. The second kappa shape index (κ2) is 5.66. The van der Waals surface area contributed by atoms with Crippen LogP contribution in [0.15, 0.2) is 47.6 Å². The normalized spacial score (nSPS) is 23.2. The van der Waals surface area contributed by atoms with Crippen molar-refractivity contribution in [3.8, 4) is 5.69 Å². The van der Waals surface area contributed by atoms with Crippen LogP contribution in [0.1, 0.15) is 13.3 Å². The van der Waals surface area contributed by atoms with Gasteiger partial charge in [0.25, 0.3) is 10.0 Å². The van der Waals surface area contributed by atoms with E-state index in [2.05, 4.69) is 5.10 Å². The zero-order chi connectivity index (χ0) is 17.5. The number of alkyl halides is 2. The lowest BCUT2D eigenvalue weighted by atomic mass is 10.1. The van der Waals surface area contributed by atoms with Gasteiger partial charge >= 0.3 is 0 Å². The summed E-state index contributed by atoms with van der Waals surface area (Å²) in [5.41, 5.74) is -0.805. The van der Waals surface area contributed by atoms with Gasteiger partial charge in [-0.25, -0.2) is 18.2 Å². The largest absolute Gasteiger partial charge is 0.283 e. The van der Waals surface area contributed by atoms with E-state index >= 15 is 0 Å². The van der Waals surface area contributed by atoms with E-state index in [1.165, 1.54) is 23.9 Å². The van der Waals surface area contributed by atoms with Crippen LogP contribution in [0.2, 0.25) is 0 Å². The van der Waals surface area contributed by atoms with Gasteiger partial charge in [-0.1, -0.05) is 25.1 Å². The van der Waals surface area contributed by atoms with Crippen LogP contribution in [0.5, 0.6) is 0 Å². The number of benzene rings is 1. The minimum atomic E-state index is -4.20. The van der Waals surface area contributed by atoms with Gasteiger partial charge in [-0.05, 0) is 24.6 Å². The molecule has 1 aromatic carbocycles. The SMILES string of the molecule is C[C@]1(C(F)F)C[C@H]1C(=O)NS(=O)(=O)c1ccn(-c2ccccc2)n1. The van der Waals surface area contributed by atoms with Gasteiger partial charge in [0.05, 0.1) is 11.6 Å². The molecule has 0 aliphatic heterocycles. The molecule has 1 aromatic heterocycles. The summed E-state index contributed by atoms with van der Waals surface area (Å²) in [4.78, 5) is 11.9. The number of para-hydroxylation sites is 1. The standard InChI is InChI=1S/C15H15F2N3O3S/c1-15(14(16)17)9-11(15)13(21)19-24(22,23)12-7-8-20(18-12)10-5-3-2-4-6-10/h2-8,11,14H,9H2,1H3,(H,19,21)/t11-,15-/m0/s1. The highest BCUT2D eigenvalue weighted by Gasteiger charge is 2.61. The third-order valence-electron chi connectivity index (χ3n) is 4.19. The highest BCUT2D eigenvalue weighted by atomic mass is 32.2. The molecule has 0 spiro atoms. The number of sulfonamides is 1. The Bertz CT molecular complexity index is 867. The van der Waals surface area contributed by atoms with Crippen LogP contribution in [0, 0.1) is 11.3 Å². The lowest BCUT2D eigenvalue weighted by Crippen LogP contribution is -2.34. The molecule has 24 heavy (non-hydrogen) atoms. The number of carbonyl (C=O) groups is 1. The summed E-state index contributed by atoms with van der Waals surface area (Å²) in [6, 6.07) is 10.1. The second-order valence-corrected chi connectivity index (χ2v) is 7.60. The van der Waals surface area contributed by atoms with Crippen molar-refractivity contribution in [1.82, 2.24) is 14.5 Å². The van der Waals surface area contributed by atoms with E-state index in [-0.39, 0.29) is 11.4 Å². The van der Waals surface area contributed by atoms with Crippen LogP contribution < -0.4 is 4.72 Å². The van der Waals surface area contributed by atoms with Crippen LogP contribution in [-0.2, 0) is 14.8 Å². The van der Waals surface area contributed by atoms with Gasteiger partial charge in [0.1, 0.15) is 0 Å². The monoisotopic (exact) mass is 355 g/mol. The fraction of sp³-hybridized carbons (Fsp3) is 0.333. The number of rotatable bonds is 5. The predicted octanol–water partition coefficient (Wildman–Crippen LogP) is 1.97. The summed E-state index contributed by atoms with van der Waals surface area (Å²) in [5, 5.41) is 3.57. The predicted molar refractivity (Wildman–Crippen MR) is 81.1 cm³/mol. The lowest BCUT2D eigenvalue weighted by Gasteiger charge is -2.09. The topological polar surface area (TPSA) is 81.1 Å². The maximum absolute atomic E-state index is 12.8. The van der Waals surface area contributed by atoms with E-state index in [4.69, 9.17) is 0 Å². The van der Waals surface area contributed by atoms with E-state index < -0.39 is 33.7 Å². The van der Waals surface area contributed by atoms with E-state index in [0.717, 1.165) is 0 Å². The van der Waals surface area contributed by atoms with Crippen LogP contribution in [0.4, 0.5) is 8.78 Å². The van der Waals surface area contributed by atoms with E-state index in [1.807, 2.05) is 4.72 Å². The zero-order valence-corrected chi connectivity index (χ0v) is 13.5. The number of hydrogen-bond acceptors (Lipinski definition) is 4. The Hall–Kier alpha value is -2.29. The number of nitrogens with zero attached hydrogens (tertiary/aromatic N) is 2. The van der Waals surface area contributed by atoms with Crippen LogP contribution in [-0.4, -0.2) is 30.5 Å². The minimum Gasteiger partial charge on any atom is -0.274 e. The molecule has 9 heteroatoms. The molecule has 128 valence electrons. The van der Waals surface area contributed by atoms with Crippen LogP contribution in [0.25, 0.3) is 5.69 Å². The van der Waals surface area contributed by atoms with E-state index in [1.54, 1.807) is 30.3 Å². The molecule has 6 nitrogen and oxygen atoms in total.